The monoisotopic (exact) mass is 380 g/mol. The van der Waals surface area contributed by atoms with Gasteiger partial charge in [0.2, 0.25) is 5.91 Å². The first-order valence-corrected chi connectivity index (χ1v) is 9.47. The van der Waals surface area contributed by atoms with Crippen LogP contribution in [-0.2, 0) is 11.2 Å². The van der Waals surface area contributed by atoms with Crippen molar-refractivity contribution in [2.45, 2.75) is 19.8 Å². The maximum absolute atomic E-state index is 12.6. The fraction of sp³-hybridized carbons (Fsp3) is 0.400. The van der Waals surface area contributed by atoms with E-state index in [9.17, 15) is 4.79 Å². The summed E-state index contributed by atoms with van der Waals surface area (Å²) < 4.78 is 7.11. The number of benzene rings is 1. The van der Waals surface area contributed by atoms with Crippen LogP contribution in [0.3, 0.4) is 0 Å². The number of piperazine rings is 1. The number of carbonyl (C=O) groups is 1. The van der Waals surface area contributed by atoms with Gasteiger partial charge in [-0.3, -0.25) is 9.20 Å². The molecule has 0 bridgehead atoms. The second-order valence-corrected chi connectivity index (χ2v) is 6.98. The van der Waals surface area contributed by atoms with Crippen molar-refractivity contribution >= 4 is 17.5 Å². The van der Waals surface area contributed by atoms with E-state index in [0.29, 0.717) is 25.3 Å². The maximum Gasteiger partial charge on any atom is 0.256 e. The van der Waals surface area contributed by atoms with Crippen LogP contribution in [0.2, 0.25) is 0 Å². The SMILES string of the molecule is COc1cccc(CCC(=O)N2CCN(c3cc(C)n4cnnc4n3)CC2)c1. The highest BCUT2D eigenvalue weighted by Gasteiger charge is 2.22. The fourth-order valence-electron chi connectivity index (χ4n) is 3.53. The standard InChI is InChI=1S/C20H24N6O2/c1-15-12-18(22-20-23-21-14-26(15)20)24-8-10-25(11-9-24)19(27)7-6-16-4-3-5-17(13-16)28-2/h3-5,12-14H,6-11H2,1-2H3. The van der Waals surface area contributed by atoms with Crippen LogP contribution >= 0.6 is 0 Å². The fourth-order valence-corrected chi connectivity index (χ4v) is 3.53. The lowest BCUT2D eigenvalue weighted by Crippen LogP contribution is -2.49. The Balaban J connectivity index is 1.33. The van der Waals surface area contributed by atoms with Gasteiger partial charge >= 0.3 is 0 Å². The Labute approximate surface area is 163 Å². The van der Waals surface area contributed by atoms with Crippen LogP contribution in [0.1, 0.15) is 17.7 Å². The Morgan fingerprint density at radius 2 is 2.00 bits per heavy atom. The molecule has 0 aliphatic carbocycles. The molecule has 0 spiro atoms. The lowest BCUT2D eigenvalue weighted by Gasteiger charge is -2.35. The van der Waals surface area contributed by atoms with Gasteiger partial charge in [-0.15, -0.1) is 10.2 Å². The lowest BCUT2D eigenvalue weighted by atomic mass is 10.1. The summed E-state index contributed by atoms with van der Waals surface area (Å²) in [6.07, 6.45) is 2.90. The first-order valence-electron chi connectivity index (χ1n) is 9.47. The number of anilines is 1. The Hall–Kier alpha value is -3.16. The number of rotatable bonds is 5. The second kappa shape index (κ2) is 7.84. The molecule has 1 amide bonds. The van der Waals surface area contributed by atoms with Gasteiger partial charge in [0.25, 0.3) is 5.78 Å². The van der Waals surface area contributed by atoms with Gasteiger partial charge in [0, 0.05) is 44.4 Å². The summed E-state index contributed by atoms with van der Waals surface area (Å²) in [6, 6.07) is 9.93. The number of aryl methyl sites for hydroxylation is 2. The highest BCUT2D eigenvalue weighted by atomic mass is 16.5. The van der Waals surface area contributed by atoms with Crippen molar-refractivity contribution in [2.75, 3.05) is 38.2 Å². The second-order valence-electron chi connectivity index (χ2n) is 6.98. The number of ether oxygens (including phenoxy) is 1. The molecule has 8 heteroatoms. The molecule has 28 heavy (non-hydrogen) atoms. The van der Waals surface area contributed by atoms with E-state index in [1.54, 1.807) is 13.4 Å². The number of aromatic nitrogens is 4. The summed E-state index contributed by atoms with van der Waals surface area (Å²) >= 11 is 0. The first kappa shape index (κ1) is 18.2. The van der Waals surface area contributed by atoms with Crippen molar-refractivity contribution in [3.63, 3.8) is 0 Å². The molecule has 1 aliphatic rings. The maximum atomic E-state index is 12.6. The van der Waals surface area contributed by atoms with E-state index in [0.717, 1.165) is 42.3 Å². The van der Waals surface area contributed by atoms with Crippen molar-refractivity contribution in [1.29, 1.82) is 0 Å². The van der Waals surface area contributed by atoms with Gasteiger partial charge < -0.3 is 14.5 Å². The molecule has 1 fully saturated rings. The molecule has 8 nitrogen and oxygen atoms in total. The van der Waals surface area contributed by atoms with Gasteiger partial charge in [0.05, 0.1) is 7.11 Å². The number of fused-ring (bicyclic) bond motifs is 1. The average molecular weight is 380 g/mol. The van der Waals surface area contributed by atoms with E-state index < -0.39 is 0 Å². The molecule has 0 N–H and O–H groups in total. The number of hydrogen-bond donors (Lipinski definition) is 0. The van der Waals surface area contributed by atoms with Gasteiger partial charge in [0.1, 0.15) is 17.9 Å². The molecule has 1 aliphatic heterocycles. The average Bonchev–Trinajstić information content (AvgIpc) is 3.21. The van der Waals surface area contributed by atoms with E-state index in [2.05, 4.69) is 20.1 Å². The third-order valence-corrected chi connectivity index (χ3v) is 5.18. The molecule has 146 valence electrons. The molecule has 4 rings (SSSR count). The van der Waals surface area contributed by atoms with Gasteiger partial charge in [0.15, 0.2) is 0 Å². The molecular formula is C20H24N6O2. The number of nitrogens with zero attached hydrogens (tertiary/aromatic N) is 6. The summed E-state index contributed by atoms with van der Waals surface area (Å²) in [5, 5.41) is 7.96. The normalized spacial score (nSPS) is 14.5. The van der Waals surface area contributed by atoms with Crippen molar-refractivity contribution < 1.29 is 9.53 Å². The number of carbonyl (C=O) groups excluding carboxylic acids is 1. The zero-order chi connectivity index (χ0) is 19.5. The summed E-state index contributed by atoms with van der Waals surface area (Å²) in [4.78, 5) is 21.3. The third kappa shape index (κ3) is 3.76. The molecule has 0 radical (unpaired) electrons. The molecule has 2 aromatic heterocycles. The van der Waals surface area contributed by atoms with E-state index in [1.807, 2.05) is 46.6 Å². The molecule has 3 aromatic rings. The zero-order valence-corrected chi connectivity index (χ0v) is 16.2. The van der Waals surface area contributed by atoms with Crippen molar-refractivity contribution in [2.24, 2.45) is 0 Å². The minimum Gasteiger partial charge on any atom is -0.497 e. The van der Waals surface area contributed by atoms with Crippen molar-refractivity contribution in [3.8, 4) is 5.75 Å². The predicted octanol–water partition coefficient (Wildman–Crippen LogP) is 1.72. The van der Waals surface area contributed by atoms with Crippen molar-refractivity contribution in [1.82, 2.24) is 24.5 Å². The van der Waals surface area contributed by atoms with Gasteiger partial charge in [-0.25, -0.2) is 0 Å². The first-order chi connectivity index (χ1) is 13.6. The van der Waals surface area contributed by atoms with Crippen LogP contribution in [0.5, 0.6) is 5.75 Å². The molecule has 0 unspecified atom stereocenters. The van der Waals surface area contributed by atoms with Gasteiger partial charge in [-0.1, -0.05) is 12.1 Å². The van der Waals surface area contributed by atoms with Gasteiger partial charge in [-0.05, 0) is 31.0 Å². The van der Waals surface area contributed by atoms with Crippen LogP contribution < -0.4 is 9.64 Å². The minimum atomic E-state index is 0.194. The molecule has 0 atom stereocenters. The number of amides is 1. The quantitative estimate of drug-likeness (QED) is 0.671. The largest absolute Gasteiger partial charge is 0.497 e. The topological polar surface area (TPSA) is 75.9 Å². The molecule has 1 aromatic carbocycles. The third-order valence-electron chi connectivity index (χ3n) is 5.18. The lowest BCUT2D eigenvalue weighted by molar-refractivity contribution is -0.131. The van der Waals surface area contributed by atoms with Crippen LogP contribution in [0, 0.1) is 6.92 Å². The molecular weight excluding hydrogens is 356 g/mol. The number of hydrogen-bond acceptors (Lipinski definition) is 6. The van der Waals surface area contributed by atoms with Crippen LogP contribution in [-0.4, -0.2) is 63.7 Å². The highest BCUT2D eigenvalue weighted by Crippen LogP contribution is 2.18. The summed E-state index contributed by atoms with van der Waals surface area (Å²) in [5.41, 5.74) is 2.16. The Morgan fingerprint density at radius 1 is 1.18 bits per heavy atom. The molecule has 0 saturated carbocycles. The van der Waals surface area contributed by atoms with E-state index in [1.165, 1.54) is 0 Å². The van der Waals surface area contributed by atoms with Gasteiger partial charge in [-0.2, -0.15) is 4.98 Å². The Morgan fingerprint density at radius 3 is 2.79 bits per heavy atom. The van der Waals surface area contributed by atoms with Crippen LogP contribution in [0.15, 0.2) is 36.7 Å². The van der Waals surface area contributed by atoms with E-state index in [4.69, 9.17) is 4.74 Å². The number of methoxy groups -OCH3 is 1. The Bertz CT molecular complexity index is 978. The summed E-state index contributed by atoms with van der Waals surface area (Å²) in [5.74, 6) is 2.51. The van der Waals surface area contributed by atoms with Crippen molar-refractivity contribution in [3.05, 3.63) is 47.9 Å². The summed E-state index contributed by atoms with van der Waals surface area (Å²) in [6.45, 7) is 4.95. The molecule has 3 heterocycles. The Kier molecular flexibility index (Phi) is 5.10. The zero-order valence-electron chi connectivity index (χ0n) is 16.2. The predicted molar refractivity (Wildman–Crippen MR) is 106 cm³/mol. The molecule has 1 saturated heterocycles. The van der Waals surface area contributed by atoms with Crippen LogP contribution in [0.25, 0.3) is 5.78 Å². The van der Waals surface area contributed by atoms with E-state index >= 15 is 0 Å². The van der Waals surface area contributed by atoms with E-state index in [-0.39, 0.29) is 5.91 Å². The minimum absolute atomic E-state index is 0.194. The smallest absolute Gasteiger partial charge is 0.256 e. The summed E-state index contributed by atoms with van der Waals surface area (Å²) in [7, 11) is 1.65. The van der Waals surface area contributed by atoms with Crippen LogP contribution in [0.4, 0.5) is 5.82 Å². The highest BCUT2D eigenvalue weighted by molar-refractivity contribution is 5.76.